The quantitative estimate of drug-likeness (QED) is 0.609. The molecular weight excluding hydrogens is 324 g/mol. The van der Waals surface area contributed by atoms with Gasteiger partial charge in [-0.05, 0) is 49.7 Å². The Morgan fingerprint density at radius 1 is 1.29 bits per heavy atom. The van der Waals surface area contributed by atoms with Crippen molar-refractivity contribution in [2.24, 2.45) is 5.92 Å². The van der Waals surface area contributed by atoms with Gasteiger partial charge in [0.1, 0.15) is 5.75 Å². The third-order valence-electron chi connectivity index (χ3n) is 3.56. The van der Waals surface area contributed by atoms with Gasteiger partial charge in [0, 0.05) is 5.70 Å². The second-order valence-electron chi connectivity index (χ2n) is 6.06. The third kappa shape index (κ3) is 4.47. The number of rotatable bonds is 6. The minimum absolute atomic E-state index is 0.282. The van der Waals surface area contributed by atoms with Crippen molar-refractivity contribution in [3.63, 3.8) is 0 Å². The zero-order valence-electron chi connectivity index (χ0n) is 14.5. The van der Waals surface area contributed by atoms with Crippen molar-refractivity contribution < 1.29 is 14.3 Å². The van der Waals surface area contributed by atoms with Crippen LogP contribution in [0.1, 0.15) is 39.3 Å². The Balaban J connectivity index is 2.28. The number of hydrogen-bond donors (Lipinski definition) is 2. The molecule has 1 heterocycles. The summed E-state index contributed by atoms with van der Waals surface area (Å²) in [6, 6.07) is 7.30. The molecule has 0 spiro atoms. The Bertz CT molecular complexity index is 638. The summed E-state index contributed by atoms with van der Waals surface area (Å²) in [6.45, 7) is 8.78. The van der Waals surface area contributed by atoms with Crippen LogP contribution in [-0.2, 0) is 9.53 Å². The summed E-state index contributed by atoms with van der Waals surface area (Å²) < 4.78 is 10.9. The van der Waals surface area contributed by atoms with E-state index in [1.807, 2.05) is 52.0 Å². The summed E-state index contributed by atoms with van der Waals surface area (Å²) in [4.78, 5) is 12.5. The minimum atomic E-state index is -0.339. The lowest BCUT2D eigenvalue weighted by Crippen LogP contribution is -2.45. The molecule has 24 heavy (non-hydrogen) atoms. The van der Waals surface area contributed by atoms with Crippen molar-refractivity contribution in [1.29, 1.82) is 0 Å². The van der Waals surface area contributed by atoms with E-state index in [4.69, 9.17) is 21.7 Å². The van der Waals surface area contributed by atoms with Crippen molar-refractivity contribution in [3.05, 3.63) is 41.1 Å². The van der Waals surface area contributed by atoms with Crippen LogP contribution >= 0.6 is 12.2 Å². The summed E-state index contributed by atoms with van der Waals surface area (Å²) in [5.74, 6) is 0.745. The number of nitrogens with one attached hydrogen (secondary N) is 2. The fraction of sp³-hybridized carbons (Fsp3) is 0.444. The maximum Gasteiger partial charge on any atom is 0.338 e. The van der Waals surface area contributed by atoms with Crippen LogP contribution in [0.15, 0.2) is 35.5 Å². The number of esters is 1. The summed E-state index contributed by atoms with van der Waals surface area (Å²) >= 11 is 5.24. The molecule has 1 aromatic rings. The maximum absolute atomic E-state index is 12.5. The first-order chi connectivity index (χ1) is 11.4. The summed E-state index contributed by atoms with van der Waals surface area (Å²) in [6.07, 6.45) is 0. The van der Waals surface area contributed by atoms with E-state index in [0.29, 0.717) is 29.6 Å². The lowest BCUT2D eigenvalue weighted by Gasteiger charge is -2.30. The first-order valence-corrected chi connectivity index (χ1v) is 8.51. The molecule has 6 heteroatoms. The van der Waals surface area contributed by atoms with Gasteiger partial charge >= 0.3 is 5.97 Å². The molecule has 1 aliphatic rings. The molecule has 5 nitrogen and oxygen atoms in total. The topological polar surface area (TPSA) is 59.6 Å². The van der Waals surface area contributed by atoms with E-state index in [9.17, 15) is 4.79 Å². The lowest BCUT2D eigenvalue weighted by atomic mass is 9.95. The van der Waals surface area contributed by atoms with Gasteiger partial charge in [-0.1, -0.05) is 26.0 Å². The van der Waals surface area contributed by atoms with Gasteiger partial charge in [-0.25, -0.2) is 4.79 Å². The first-order valence-electron chi connectivity index (χ1n) is 8.10. The highest BCUT2D eigenvalue weighted by Gasteiger charge is 2.31. The largest absolute Gasteiger partial charge is 0.494 e. The summed E-state index contributed by atoms with van der Waals surface area (Å²) in [5.41, 5.74) is 2.19. The number of carbonyl (C=O) groups excluding carboxylic acids is 1. The second-order valence-corrected chi connectivity index (χ2v) is 6.47. The molecule has 0 aromatic heterocycles. The maximum atomic E-state index is 12.5. The number of ether oxygens (including phenoxy) is 2. The Kier molecular flexibility index (Phi) is 6.20. The van der Waals surface area contributed by atoms with Crippen molar-refractivity contribution in [2.45, 2.75) is 33.7 Å². The highest BCUT2D eigenvalue weighted by Crippen LogP contribution is 2.29. The average molecular weight is 348 g/mol. The van der Waals surface area contributed by atoms with Crippen molar-refractivity contribution >= 4 is 23.3 Å². The average Bonchev–Trinajstić information content (AvgIpc) is 2.53. The van der Waals surface area contributed by atoms with Gasteiger partial charge in [0.25, 0.3) is 0 Å². The molecule has 2 N–H and O–H groups in total. The molecule has 0 fully saturated rings. The standard InChI is InChI=1S/C18H24N2O3S/c1-5-22-14-8-6-13(7-9-14)16-15(12(4)19-18(24)20-16)17(21)23-10-11(2)3/h6-9,11,16H,5,10H2,1-4H3,(H2,19,20,24)/t16-/m1/s1. The molecule has 0 aliphatic carbocycles. The van der Waals surface area contributed by atoms with E-state index in [-0.39, 0.29) is 17.9 Å². The fourth-order valence-corrected chi connectivity index (χ4v) is 2.73. The fourth-order valence-electron chi connectivity index (χ4n) is 2.46. The van der Waals surface area contributed by atoms with Crippen LogP contribution in [0.3, 0.4) is 0 Å². The predicted octanol–water partition coefficient (Wildman–Crippen LogP) is 3.08. The van der Waals surface area contributed by atoms with Crippen LogP contribution in [0.5, 0.6) is 5.75 Å². The van der Waals surface area contributed by atoms with Gasteiger partial charge in [0.2, 0.25) is 0 Å². The first kappa shape index (κ1) is 18.3. The Morgan fingerprint density at radius 2 is 1.96 bits per heavy atom. The highest BCUT2D eigenvalue weighted by molar-refractivity contribution is 7.80. The third-order valence-corrected chi connectivity index (χ3v) is 3.78. The molecule has 0 saturated carbocycles. The van der Waals surface area contributed by atoms with Gasteiger partial charge in [-0.3, -0.25) is 0 Å². The van der Waals surface area contributed by atoms with Crippen LogP contribution < -0.4 is 15.4 Å². The number of carbonyl (C=O) groups is 1. The molecule has 0 saturated heterocycles. The van der Waals surface area contributed by atoms with E-state index < -0.39 is 0 Å². The number of allylic oxidation sites excluding steroid dienone is 1. The van der Waals surface area contributed by atoms with Crippen LogP contribution in [0.4, 0.5) is 0 Å². The molecule has 1 aliphatic heterocycles. The van der Waals surface area contributed by atoms with E-state index in [0.717, 1.165) is 11.3 Å². The summed E-state index contributed by atoms with van der Waals surface area (Å²) in [5, 5.41) is 6.65. The number of thiocarbonyl (C=S) groups is 1. The number of hydrogen-bond acceptors (Lipinski definition) is 4. The minimum Gasteiger partial charge on any atom is -0.494 e. The SMILES string of the molecule is CCOc1ccc([C@H]2NC(=S)NC(C)=C2C(=O)OCC(C)C)cc1. The predicted molar refractivity (Wildman–Crippen MR) is 97.7 cm³/mol. The highest BCUT2D eigenvalue weighted by atomic mass is 32.1. The van der Waals surface area contributed by atoms with Gasteiger partial charge < -0.3 is 20.1 Å². The Hall–Kier alpha value is -2.08. The van der Waals surface area contributed by atoms with Gasteiger partial charge in [0.05, 0.1) is 24.8 Å². The molecule has 0 bridgehead atoms. The zero-order chi connectivity index (χ0) is 17.7. The molecule has 0 radical (unpaired) electrons. The van der Waals surface area contributed by atoms with Crippen LogP contribution in [0.2, 0.25) is 0 Å². The van der Waals surface area contributed by atoms with E-state index in [1.165, 1.54) is 0 Å². The molecule has 0 unspecified atom stereocenters. The van der Waals surface area contributed by atoms with Crippen LogP contribution in [0, 0.1) is 5.92 Å². The second kappa shape index (κ2) is 8.15. The lowest BCUT2D eigenvalue weighted by molar-refractivity contribution is -0.140. The molecule has 130 valence electrons. The van der Waals surface area contributed by atoms with Gasteiger partial charge in [-0.15, -0.1) is 0 Å². The Morgan fingerprint density at radius 3 is 2.54 bits per heavy atom. The number of benzene rings is 1. The Labute approximate surface area is 148 Å². The molecule has 1 atom stereocenters. The molecular formula is C18H24N2O3S. The van der Waals surface area contributed by atoms with E-state index in [1.54, 1.807) is 0 Å². The normalized spacial score (nSPS) is 17.4. The molecule has 0 amide bonds. The van der Waals surface area contributed by atoms with Crippen LogP contribution in [0.25, 0.3) is 0 Å². The van der Waals surface area contributed by atoms with E-state index >= 15 is 0 Å². The van der Waals surface area contributed by atoms with E-state index in [2.05, 4.69) is 10.6 Å². The van der Waals surface area contributed by atoms with Crippen molar-refractivity contribution in [1.82, 2.24) is 10.6 Å². The molecule has 1 aromatic carbocycles. The van der Waals surface area contributed by atoms with Crippen molar-refractivity contribution in [3.8, 4) is 5.75 Å². The monoisotopic (exact) mass is 348 g/mol. The summed E-state index contributed by atoms with van der Waals surface area (Å²) in [7, 11) is 0. The van der Waals surface area contributed by atoms with Crippen LogP contribution in [-0.4, -0.2) is 24.3 Å². The molecule has 2 rings (SSSR count). The smallest absolute Gasteiger partial charge is 0.338 e. The van der Waals surface area contributed by atoms with Gasteiger partial charge in [0.15, 0.2) is 5.11 Å². The van der Waals surface area contributed by atoms with Crippen molar-refractivity contribution in [2.75, 3.05) is 13.2 Å². The van der Waals surface area contributed by atoms with Gasteiger partial charge in [-0.2, -0.15) is 0 Å². The zero-order valence-corrected chi connectivity index (χ0v) is 15.3.